The van der Waals surface area contributed by atoms with Crippen LogP contribution in [0.3, 0.4) is 0 Å². The van der Waals surface area contributed by atoms with Crippen LogP contribution in [0.5, 0.6) is 0 Å². The summed E-state index contributed by atoms with van der Waals surface area (Å²) < 4.78 is 2.06. The normalized spacial score (nSPS) is 13.4. The molecule has 0 saturated heterocycles. The zero-order valence-corrected chi connectivity index (χ0v) is 13.3. The van der Waals surface area contributed by atoms with E-state index >= 15 is 0 Å². The first-order valence-electron chi connectivity index (χ1n) is 6.48. The minimum Gasteiger partial charge on any atom is -0.384 e. The lowest BCUT2D eigenvalue weighted by atomic mass is 9.99. The second kappa shape index (κ2) is 5.79. The van der Waals surface area contributed by atoms with Crippen LogP contribution in [0.15, 0.2) is 26.4 Å². The number of thiophene rings is 1. The molecule has 1 atom stereocenters. The van der Waals surface area contributed by atoms with E-state index in [1.807, 2.05) is 16.8 Å². The minimum absolute atomic E-state index is 0.0544. The Morgan fingerprint density at radius 3 is 2.64 bits per heavy atom. The molecule has 0 spiro atoms. The van der Waals surface area contributed by atoms with E-state index in [0.29, 0.717) is 0 Å². The van der Waals surface area contributed by atoms with Crippen molar-refractivity contribution in [1.82, 2.24) is 9.13 Å². The van der Waals surface area contributed by atoms with Gasteiger partial charge in [0.05, 0.1) is 0 Å². The van der Waals surface area contributed by atoms with Crippen molar-refractivity contribution in [2.75, 3.05) is 11.9 Å². The molecule has 0 aliphatic heterocycles. The summed E-state index contributed by atoms with van der Waals surface area (Å²) in [5.41, 5.74) is -1.84. The Bertz CT molecular complexity index is 841. The molecule has 0 bridgehead atoms. The van der Waals surface area contributed by atoms with E-state index in [2.05, 4.69) is 5.32 Å². The number of aliphatic hydroxyl groups is 1. The Morgan fingerprint density at radius 2 is 2.09 bits per heavy atom. The molecule has 7 nitrogen and oxygen atoms in total. The lowest BCUT2D eigenvalue weighted by Crippen LogP contribution is -2.41. The predicted octanol–water partition coefficient (Wildman–Crippen LogP) is 0.337. The maximum Gasteiger partial charge on any atom is 0.332 e. The van der Waals surface area contributed by atoms with E-state index in [1.54, 1.807) is 13.0 Å². The molecule has 22 heavy (non-hydrogen) atoms. The molecule has 2 heterocycles. The smallest absolute Gasteiger partial charge is 0.332 e. The molecular formula is C14H16N4O3S. The van der Waals surface area contributed by atoms with Crippen molar-refractivity contribution in [3.05, 3.63) is 48.8 Å². The van der Waals surface area contributed by atoms with Crippen LogP contribution in [0.4, 0.5) is 5.82 Å². The summed E-state index contributed by atoms with van der Waals surface area (Å²) in [6, 6.07) is 3.60. The third-order valence-corrected chi connectivity index (χ3v) is 4.20. The van der Waals surface area contributed by atoms with Gasteiger partial charge in [-0.3, -0.25) is 13.9 Å². The largest absolute Gasteiger partial charge is 0.384 e. The number of nitriles is 1. The summed E-state index contributed by atoms with van der Waals surface area (Å²) in [4.78, 5) is 23.9. The first kappa shape index (κ1) is 16.0. The van der Waals surface area contributed by atoms with E-state index in [9.17, 15) is 20.0 Å². The lowest BCUT2D eigenvalue weighted by molar-refractivity contribution is 0.0718. The molecule has 0 amide bonds. The molecule has 2 rings (SSSR count). The fraction of sp³-hybridized carbons (Fsp3) is 0.357. The number of rotatable bonds is 4. The Hall–Kier alpha value is -2.37. The van der Waals surface area contributed by atoms with Crippen molar-refractivity contribution >= 4 is 17.2 Å². The van der Waals surface area contributed by atoms with Crippen LogP contribution >= 0.6 is 11.3 Å². The van der Waals surface area contributed by atoms with Crippen LogP contribution in [0.25, 0.3) is 0 Å². The number of nitrogens with zero attached hydrogens (tertiary/aromatic N) is 3. The van der Waals surface area contributed by atoms with Gasteiger partial charge in [-0.2, -0.15) is 16.6 Å². The van der Waals surface area contributed by atoms with Crippen molar-refractivity contribution in [3.63, 3.8) is 0 Å². The summed E-state index contributed by atoms with van der Waals surface area (Å²) >= 11 is 1.46. The van der Waals surface area contributed by atoms with Crippen LogP contribution in [0, 0.1) is 11.3 Å². The van der Waals surface area contributed by atoms with E-state index in [1.165, 1.54) is 30.0 Å². The average molecular weight is 320 g/mol. The SMILES string of the molecule is Cn1c(NCC(C)(O)c2ccsc2)c(C#N)c(=O)n(C)c1=O. The van der Waals surface area contributed by atoms with Crippen LogP contribution in [-0.4, -0.2) is 20.8 Å². The van der Waals surface area contributed by atoms with Gasteiger partial charge >= 0.3 is 5.69 Å². The molecule has 8 heteroatoms. The Balaban J connectivity index is 2.41. The fourth-order valence-corrected chi connectivity index (χ4v) is 2.86. The second-order valence-electron chi connectivity index (χ2n) is 5.18. The average Bonchev–Trinajstić information content (AvgIpc) is 3.02. The molecule has 0 saturated carbocycles. The standard InChI is InChI=1S/C14H16N4O3S/c1-14(21,9-4-5-22-7-9)8-16-11-10(6-15)12(19)18(3)13(20)17(11)2/h4-5,7,16,21H,8H2,1-3H3. The van der Waals surface area contributed by atoms with E-state index in [-0.39, 0.29) is 17.9 Å². The first-order chi connectivity index (χ1) is 10.3. The Labute approximate surface area is 130 Å². The van der Waals surface area contributed by atoms with Gasteiger partial charge in [-0.1, -0.05) is 0 Å². The van der Waals surface area contributed by atoms with E-state index in [4.69, 9.17) is 0 Å². The molecule has 2 N–H and O–H groups in total. The summed E-state index contributed by atoms with van der Waals surface area (Å²) in [6.45, 7) is 1.67. The van der Waals surface area contributed by atoms with Gasteiger partial charge in [0.2, 0.25) is 0 Å². The van der Waals surface area contributed by atoms with Crippen LogP contribution in [0.1, 0.15) is 18.1 Å². The van der Waals surface area contributed by atoms with E-state index < -0.39 is 16.9 Å². The van der Waals surface area contributed by atoms with Gasteiger partial charge in [-0.05, 0) is 29.3 Å². The third-order valence-electron chi connectivity index (χ3n) is 3.52. The molecule has 116 valence electrons. The maximum atomic E-state index is 12.0. The highest BCUT2D eigenvalue weighted by molar-refractivity contribution is 7.08. The molecule has 2 aromatic heterocycles. The van der Waals surface area contributed by atoms with Gasteiger partial charge in [-0.25, -0.2) is 4.79 Å². The molecule has 0 radical (unpaired) electrons. The third kappa shape index (κ3) is 2.68. The molecule has 1 unspecified atom stereocenters. The monoisotopic (exact) mass is 320 g/mol. The number of nitrogens with one attached hydrogen (secondary N) is 1. The highest BCUT2D eigenvalue weighted by Gasteiger charge is 2.25. The van der Waals surface area contributed by atoms with Crippen molar-refractivity contribution in [2.45, 2.75) is 12.5 Å². The number of aromatic nitrogens is 2. The molecule has 2 aromatic rings. The first-order valence-corrected chi connectivity index (χ1v) is 7.43. The second-order valence-corrected chi connectivity index (χ2v) is 5.96. The predicted molar refractivity (Wildman–Crippen MR) is 84.0 cm³/mol. The summed E-state index contributed by atoms with van der Waals surface area (Å²) in [5, 5.41) is 26.2. The number of hydrogen-bond acceptors (Lipinski definition) is 6. The van der Waals surface area contributed by atoms with Crippen molar-refractivity contribution in [2.24, 2.45) is 14.1 Å². The quantitative estimate of drug-likeness (QED) is 0.846. The van der Waals surface area contributed by atoms with Crippen LogP contribution in [-0.2, 0) is 19.7 Å². The van der Waals surface area contributed by atoms with E-state index in [0.717, 1.165) is 10.1 Å². The van der Waals surface area contributed by atoms with Gasteiger partial charge in [0.1, 0.15) is 17.5 Å². The van der Waals surface area contributed by atoms with Gasteiger partial charge in [-0.15, -0.1) is 0 Å². The number of anilines is 1. The Morgan fingerprint density at radius 1 is 1.41 bits per heavy atom. The molecule has 0 fully saturated rings. The maximum absolute atomic E-state index is 12.0. The highest BCUT2D eigenvalue weighted by atomic mass is 32.1. The van der Waals surface area contributed by atoms with Crippen molar-refractivity contribution in [1.29, 1.82) is 5.26 Å². The summed E-state index contributed by atoms with van der Waals surface area (Å²) in [6.07, 6.45) is 0. The summed E-state index contributed by atoms with van der Waals surface area (Å²) in [5.74, 6) is 0.103. The Kier molecular flexibility index (Phi) is 4.21. The molecule has 0 aliphatic rings. The molecule has 0 aromatic carbocycles. The highest BCUT2D eigenvalue weighted by Crippen LogP contribution is 2.23. The van der Waals surface area contributed by atoms with Crippen LogP contribution in [0.2, 0.25) is 0 Å². The molecule has 0 aliphatic carbocycles. The zero-order chi connectivity index (χ0) is 16.5. The zero-order valence-electron chi connectivity index (χ0n) is 12.5. The minimum atomic E-state index is -1.19. The lowest BCUT2D eigenvalue weighted by Gasteiger charge is -2.24. The molecular weight excluding hydrogens is 304 g/mol. The van der Waals surface area contributed by atoms with Crippen molar-refractivity contribution in [3.8, 4) is 6.07 Å². The fourth-order valence-electron chi connectivity index (χ4n) is 2.08. The van der Waals surface area contributed by atoms with Gasteiger partial charge in [0.25, 0.3) is 5.56 Å². The number of hydrogen-bond donors (Lipinski definition) is 2. The summed E-state index contributed by atoms with van der Waals surface area (Å²) in [7, 11) is 2.78. The van der Waals surface area contributed by atoms with Gasteiger partial charge < -0.3 is 10.4 Å². The van der Waals surface area contributed by atoms with Crippen LogP contribution < -0.4 is 16.6 Å². The topological polar surface area (TPSA) is 100 Å². The van der Waals surface area contributed by atoms with Gasteiger partial charge in [0, 0.05) is 20.6 Å². The van der Waals surface area contributed by atoms with Gasteiger partial charge in [0.15, 0.2) is 5.56 Å². The van der Waals surface area contributed by atoms with Crippen molar-refractivity contribution < 1.29 is 5.11 Å².